The Morgan fingerprint density at radius 2 is 2.00 bits per heavy atom. The van der Waals surface area contributed by atoms with Crippen molar-refractivity contribution in [2.45, 2.75) is 19.4 Å². The second-order valence-corrected chi connectivity index (χ2v) is 5.73. The molecule has 1 heterocycles. The minimum absolute atomic E-state index is 0.453. The Bertz CT molecular complexity index is 621. The van der Waals surface area contributed by atoms with Crippen molar-refractivity contribution in [3.05, 3.63) is 64.7 Å². The van der Waals surface area contributed by atoms with E-state index in [1.807, 2.05) is 0 Å². The van der Waals surface area contributed by atoms with Gasteiger partial charge in [0.2, 0.25) is 0 Å². The third-order valence-corrected chi connectivity index (χ3v) is 4.10. The second-order valence-electron chi connectivity index (χ2n) is 5.73. The van der Waals surface area contributed by atoms with E-state index in [0.717, 1.165) is 18.8 Å². The summed E-state index contributed by atoms with van der Waals surface area (Å²) < 4.78 is 5.36. The molecule has 1 aliphatic heterocycles. The highest BCUT2D eigenvalue weighted by Gasteiger charge is 2.25. The summed E-state index contributed by atoms with van der Waals surface area (Å²) in [6, 6.07) is 15.3. The molecule has 1 aliphatic rings. The van der Waals surface area contributed by atoms with Crippen LogP contribution in [-0.2, 0) is 6.54 Å². The third-order valence-electron chi connectivity index (χ3n) is 4.10. The summed E-state index contributed by atoms with van der Waals surface area (Å²) in [5.74, 6) is 1.40. The molecule has 3 rings (SSSR count). The minimum atomic E-state index is 0.453. The zero-order valence-corrected chi connectivity index (χ0v) is 12.4. The molecule has 0 aliphatic carbocycles. The van der Waals surface area contributed by atoms with Crippen LogP contribution in [0.1, 0.15) is 28.2 Å². The highest BCUT2D eigenvalue weighted by atomic mass is 16.5. The molecule has 0 saturated carbocycles. The summed E-state index contributed by atoms with van der Waals surface area (Å²) in [6.45, 7) is 4.22. The van der Waals surface area contributed by atoms with E-state index in [0.29, 0.717) is 5.92 Å². The first kappa shape index (κ1) is 13.2. The summed E-state index contributed by atoms with van der Waals surface area (Å²) >= 11 is 0. The van der Waals surface area contributed by atoms with Crippen LogP contribution in [0.2, 0.25) is 0 Å². The molecule has 0 unspecified atom stereocenters. The number of ether oxygens (including phenoxy) is 1. The predicted molar refractivity (Wildman–Crippen MR) is 82.4 cm³/mol. The molecule has 0 bridgehead atoms. The van der Waals surface area contributed by atoms with Crippen molar-refractivity contribution in [3.8, 4) is 5.75 Å². The van der Waals surface area contributed by atoms with Gasteiger partial charge in [-0.2, -0.15) is 0 Å². The SMILES string of the molecule is COc1ccc2c(c1)CN(C)C[C@H]2c1cccc(C)c1. The lowest BCUT2D eigenvalue weighted by Crippen LogP contribution is -2.31. The van der Waals surface area contributed by atoms with Crippen LogP contribution in [-0.4, -0.2) is 25.6 Å². The number of aryl methyl sites for hydroxylation is 1. The van der Waals surface area contributed by atoms with Gasteiger partial charge in [0.25, 0.3) is 0 Å². The van der Waals surface area contributed by atoms with Crippen molar-refractivity contribution in [2.75, 3.05) is 20.7 Å². The molecule has 2 heteroatoms. The van der Waals surface area contributed by atoms with Gasteiger partial charge in [0, 0.05) is 19.0 Å². The molecule has 0 N–H and O–H groups in total. The largest absolute Gasteiger partial charge is 0.497 e. The second kappa shape index (κ2) is 5.29. The van der Waals surface area contributed by atoms with Crippen LogP contribution in [0.25, 0.3) is 0 Å². The maximum absolute atomic E-state index is 5.36. The Kier molecular flexibility index (Phi) is 3.49. The number of benzene rings is 2. The van der Waals surface area contributed by atoms with E-state index in [1.165, 1.54) is 22.3 Å². The van der Waals surface area contributed by atoms with Gasteiger partial charge in [0.05, 0.1) is 7.11 Å². The van der Waals surface area contributed by atoms with Crippen molar-refractivity contribution in [1.29, 1.82) is 0 Å². The number of nitrogens with zero attached hydrogens (tertiary/aromatic N) is 1. The van der Waals surface area contributed by atoms with Crippen LogP contribution in [0.3, 0.4) is 0 Å². The Hall–Kier alpha value is -1.80. The molecule has 2 aromatic carbocycles. The van der Waals surface area contributed by atoms with Gasteiger partial charge in [-0.1, -0.05) is 35.9 Å². The fourth-order valence-corrected chi connectivity index (χ4v) is 3.12. The first-order valence-electron chi connectivity index (χ1n) is 7.09. The van der Waals surface area contributed by atoms with Crippen molar-refractivity contribution >= 4 is 0 Å². The van der Waals surface area contributed by atoms with Crippen LogP contribution in [0.4, 0.5) is 0 Å². The lowest BCUT2D eigenvalue weighted by molar-refractivity contribution is 0.294. The normalized spacial score (nSPS) is 18.6. The van der Waals surface area contributed by atoms with Crippen molar-refractivity contribution < 1.29 is 4.74 Å². The summed E-state index contributed by atoms with van der Waals surface area (Å²) in [7, 11) is 3.91. The molecule has 104 valence electrons. The lowest BCUT2D eigenvalue weighted by atomic mass is 9.84. The molecular formula is C18H21NO. The van der Waals surface area contributed by atoms with Gasteiger partial charge < -0.3 is 9.64 Å². The van der Waals surface area contributed by atoms with Gasteiger partial charge >= 0.3 is 0 Å². The highest BCUT2D eigenvalue weighted by molar-refractivity contribution is 5.44. The first-order valence-corrected chi connectivity index (χ1v) is 7.09. The zero-order valence-electron chi connectivity index (χ0n) is 12.4. The fraction of sp³-hybridized carbons (Fsp3) is 0.333. The van der Waals surface area contributed by atoms with E-state index in [-0.39, 0.29) is 0 Å². The van der Waals surface area contributed by atoms with Crippen LogP contribution >= 0.6 is 0 Å². The molecular weight excluding hydrogens is 246 g/mol. The molecule has 0 amide bonds. The van der Waals surface area contributed by atoms with E-state index in [2.05, 4.69) is 61.3 Å². The first-order chi connectivity index (χ1) is 9.67. The van der Waals surface area contributed by atoms with E-state index in [4.69, 9.17) is 4.74 Å². The van der Waals surface area contributed by atoms with Gasteiger partial charge in [-0.05, 0) is 42.8 Å². The Balaban J connectivity index is 2.06. The number of fused-ring (bicyclic) bond motifs is 1. The quantitative estimate of drug-likeness (QED) is 0.824. The smallest absolute Gasteiger partial charge is 0.119 e. The fourth-order valence-electron chi connectivity index (χ4n) is 3.12. The molecule has 0 spiro atoms. The lowest BCUT2D eigenvalue weighted by Gasteiger charge is -2.33. The molecule has 2 aromatic rings. The molecule has 1 atom stereocenters. The third kappa shape index (κ3) is 2.44. The number of rotatable bonds is 2. The Morgan fingerprint density at radius 1 is 1.15 bits per heavy atom. The molecule has 0 radical (unpaired) electrons. The van der Waals surface area contributed by atoms with Gasteiger partial charge in [-0.25, -0.2) is 0 Å². The molecule has 0 aromatic heterocycles. The topological polar surface area (TPSA) is 12.5 Å². The summed E-state index contributed by atoms with van der Waals surface area (Å²) in [4.78, 5) is 2.38. The molecule has 2 nitrogen and oxygen atoms in total. The monoisotopic (exact) mass is 267 g/mol. The number of likely N-dealkylation sites (N-methyl/N-ethyl adjacent to an activating group) is 1. The maximum atomic E-state index is 5.36. The number of methoxy groups -OCH3 is 1. The van der Waals surface area contributed by atoms with Crippen LogP contribution in [0.5, 0.6) is 5.75 Å². The van der Waals surface area contributed by atoms with Crippen molar-refractivity contribution in [1.82, 2.24) is 4.90 Å². The van der Waals surface area contributed by atoms with E-state index < -0.39 is 0 Å². The van der Waals surface area contributed by atoms with Crippen molar-refractivity contribution in [2.24, 2.45) is 0 Å². The van der Waals surface area contributed by atoms with Crippen LogP contribution < -0.4 is 4.74 Å². The Labute approximate surface area is 121 Å². The number of hydrogen-bond donors (Lipinski definition) is 0. The van der Waals surface area contributed by atoms with Crippen LogP contribution in [0.15, 0.2) is 42.5 Å². The summed E-state index contributed by atoms with van der Waals surface area (Å²) in [5.41, 5.74) is 5.55. The van der Waals surface area contributed by atoms with Crippen LogP contribution in [0, 0.1) is 6.92 Å². The average Bonchev–Trinajstić information content (AvgIpc) is 2.45. The number of hydrogen-bond acceptors (Lipinski definition) is 2. The van der Waals surface area contributed by atoms with E-state index in [1.54, 1.807) is 7.11 Å². The standard InChI is InChI=1S/C18H21NO/c1-13-5-4-6-14(9-13)18-12-19(2)11-15-10-16(20-3)7-8-17(15)18/h4-10,18H,11-12H2,1-3H3/t18-/m0/s1. The molecule has 20 heavy (non-hydrogen) atoms. The summed E-state index contributed by atoms with van der Waals surface area (Å²) in [6.07, 6.45) is 0. The predicted octanol–water partition coefficient (Wildman–Crippen LogP) is 3.58. The average molecular weight is 267 g/mol. The maximum Gasteiger partial charge on any atom is 0.119 e. The van der Waals surface area contributed by atoms with E-state index >= 15 is 0 Å². The molecule has 0 saturated heterocycles. The van der Waals surface area contributed by atoms with Gasteiger partial charge in [0.1, 0.15) is 5.75 Å². The van der Waals surface area contributed by atoms with Gasteiger partial charge in [-0.3, -0.25) is 0 Å². The van der Waals surface area contributed by atoms with Gasteiger partial charge in [0.15, 0.2) is 0 Å². The zero-order chi connectivity index (χ0) is 14.1. The Morgan fingerprint density at radius 3 is 2.75 bits per heavy atom. The van der Waals surface area contributed by atoms with Crippen molar-refractivity contribution in [3.63, 3.8) is 0 Å². The summed E-state index contributed by atoms with van der Waals surface area (Å²) in [5, 5.41) is 0. The van der Waals surface area contributed by atoms with E-state index in [9.17, 15) is 0 Å². The van der Waals surface area contributed by atoms with Gasteiger partial charge in [-0.15, -0.1) is 0 Å². The molecule has 0 fully saturated rings. The minimum Gasteiger partial charge on any atom is -0.497 e. The highest BCUT2D eigenvalue weighted by Crippen LogP contribution is 2.35.